The van der Waals surface area contributed by atoms with Crippen LogP contribution in [-0.2, 0) is 9.53 Å². The molecule has 0 aliphatic heterocycles. The number of hydrogen-bond acceptors (Lipinski definition) is 7. The number of anilines is 2. The van der Waals surface area contributed by atoms with E-state index < -0.39 is 23.8 Å². The largest absolute Gasteiger partial charge is 0.477 e. The molecule has 3 rings (SSSR count). The molecule has 2 aromatic carbocycles. The Kier molecular flexibility index (Phi) is 6.88. The highest BCUT2D eigenvalue weighted by molar-refractivity contribution is 6.02. The predicted octanol–water partition coefficient (Wildman–Crippen LogP) is 2.90. The van der Waals surface area contributed by atoms with E-state index in [1.165, 1.54) is 37.4 Å². The van der Waals surface area contributed by atoms with Gasteiger partial charge in [0.15, 0.2) is 5.69 Å². The van der Waals surface area contributed by atoms with Crippen molar-refractivity contribution >= 4 is 23.4 Å². The van der Waals surface area contributed by atoms with Gasteiger partial charge >= 0.3 is 5.97 Å². The summed E-state index contributed by atoms with van der Waals surface area (Å²) in [5.74, 6) is -0.775. The molecule has 154 valence electrons. The van der Waals surface area contributed by atoms with E-state index in [1.54, 1.807) is 30.3 Å². The number of halogens is 1. The second-order valence-electron chi connectivity index (χ2n) is 6.09. The van der Waals surface area contributed by atoms with Crippen molar-refractivity contribution in [1.82, 2.24) is 10.2 Å². The summed E-state index contributed by atoms with van der Waals surface area (Å²) in [6.07, 6.45) is -0.997. The number of esters is 1. The highest BCUT2D eigenvalue weighted by atomic mass is 19.1. The number of carbonyl (C=O) groups is 2. The molecule has 3 aromatic rings. The Morgan fingerprint density at radius 2 is 1.73 bits per heavy atom. The van der Waals surface area contributed by atoms with Gasteiger partial charge in [0.1, 0.15) is 17.4 Å². The zero-order valence-corrected chi connectivity index (χ0v) is 16.0. The monoisotopic (exact) mass is 410 g/mol. The van der Waals surface area contributed by atoms with Gasteiger partial charge < -0.3 is 20.1 Å². The topological polar surface area (TPSA) is 102 Å². The van der Waals surface area contributed by atoms with E-state index in [2.05, 4.69) is 20.8 Å². The van der Waals surface area contributed by atoms with E-state index in [-0.39, 0.29) is 12.2 Å². The Morgan fingerprint density at radius 3 is 2.37 bits per heavy atom. The van der Waals surface area contributed by atoms with Crippen molar-refractivity contribution in [2.75, 3.05) is 24.3 Å². The fourth-order valence-corrected chi connectivity index (χ4v) is 2.44. The minimum Gasteiger partial charge on any atom is -0.477 e. The second kappa shape index (κ2) is 9.97. The molecule has 1 atom stereocenters. The van der Waals surface area contributed by atoms with Gasteiger partial charge in [-0.05, 0) is 48.5 Å². The van der Waals surface area contributed by atoms with Crippen molar-refractivity contribution in [3.05, 3.63) is 78.2 Å². The van der Waals surface area contributed by atoms with Crippen molar-refractivity contribution in [1.29, 1.82) is 0 Å². The average molecular weight is 410 g/mol. The van der Waals surface area contributed by atoms with E-state index in [0.717, 1.165) is 0 Å². The molecule has 30 heavy (non-hydrogen) atoms. The van der Waals surface area contributed by atoms with Gasteiger partial charge in [0.2, 0.25) is 6.10 Å². The number of aromatic nitrogens is 2. The number of para-hydroxylation sites is 1. The average Bonchev–Trinajstić information content (AvgIpc) is 2.78. The molecular formula is C21H19FN4O4. The summed E-state index contributed by atoms with van der Waals surface area (Å²) >= 11 is 0. The van der Waals surface area contributed by atoms with Crippen molar-refractivity contribution < 1.29 is 23.5 Å². The maximum atomic E-state index is 13.0. The standard InChI is InChI=1S/C21H19FN4O4/c1-29-21(28)18(30-16-9-7-14(22)8-10-16)13-23-19-12-11-17(25-26-19)20(27)24-15-5-3-2-4-6-15/h2-12,18H,13H2,1H3,(H,23,26)(H,24,27). The highest BCUT2D eigenvalue weighted by Gasteiger charge is 2.21. The van der Waals surface area contributed by atoms with Gasteiger partial charge in [-0.3, -0.25) is 4.79 Å². The summed E-state index contributed by atoms with van der Waals surface area (Å²) in [5.41, 5.74) is 0.779. The summed E-state index contributed by atoms with van der Waals surface area (Å²) in [7, 11) is 1.24. The molecule has 0 spiro atoms. The van der Waals surface area contributed by atoms with Crippen molar-refractivity contribution in [3.63, 3.8) is 0 Å². The number of ether oxygens (including phenoxy) is 2. The second-order valence-corrected chi connectivity index (χ2v) is 6.09. The van der Waals surface area contributed by atoms with E-state index in [4.69, 9.17) is 9.47 Å². The summed E-state index contributed by atoms with van der Waals surface area (Å²) in [5, 5.41) is 13.4. The fourth-order valence-electron chi connectivity index (χ4n) is 2.44. The molecule has 0 aliphatic carbocycles. The van der Waals surface area contributed by atoms with Crippen LogP contribution in [0.25, 0.3) is 0 Å². The quantitative estimate of drug-likeness (QED) is 0.551. The van der Waals surface area contributed by atoms with Crippen LogP contribution in [0.2, 0.25) is 0 Å². The lowest BCUT2D eigenvalue weighted by molar-refractivity contribution is -0.148. The van der Waals surface area contributed by atoms with Gasteiger partial charge in [-0.2, -0.15) is 0 Å². The molecular weight excluding hydrogens is 391 g/mol. The Bertz CT molecular complexity index is 982. The fraction of sp³-hybridized carbons (Fsp3) is 0.143. The van der Waals surface area contributed by atoms with Gasteiger partial charge in [-0.1, -0.05) is 18.2 Å². The van der Waals surface area contributed by atoms with E-state index in [0.29, 0.717) is 17.3 Å². The maximum Gasteiger partial charge on any atom is 0.348 e. The molecule has 1 aromatic heterocycles. The number of benzene rings is 2. The molecule has 1 heterocycles. The number of methoxy groups -OCH3 is 1. The lowest BCUT2D eigenvalue weighted by atomic mass is 10.3. The highest BCUT2D eigenvalue weighted by Crippen LogP contribution is 2.14. The molecule has 0 bridgehead atoms. The third-order valence-electron chi connectivity index (χ3n) is 3.95. The molecule has 0 radical (unpaired) electrons. The first-order valence-electron chi connectivity index (χ1n) is 8.99. The van der Waals surface area contributed by atoms with Gasteiger partial charge in [0, 0.05) is 5.69 Å². The smallest absolute Gasteiger partial charge is 0.348 e. The zero-order chi connectivity index (χ0) is 21.3. The summed E-state index contributed by atoms with van der Waals surface area (Å²) < 4.78 is 23.3. The molecule has 1 amide bonds. The molecule has 0 saturated carbocycles. The molecule has 0 fully saturated rings. The normalized spacial score (nSPS) is 11.3. The van der Waals surface area contributed by atoms with Gasteiger partial charge in [0.25, 0.3) is 5.91 Å². The third kappa shape index (κ3) is 5.74. The van der Waals surface area contributed by atoms with Crippen molar-refractivity contribution in [2.45, 2.75) is 6.10 Å². The number of hydrogen-bond donors (Lipinski definition) is 2. The van der Waals surface area contributed by atoms with Crippen LogP contribution in [-0.4, -0.2) is 41.8 Å². The number of carbonyl (C=O) groups excluding carboxylic acids is 2. The summed E-state index contributed by atoms with van der Waals surface area (Å²) in [6, 6.07) is 17.3. The van der Waals surface area contributed by atoms with Gasteiger partial charge in [0.05, 0.1) is 13.7 Å². The third-order valence-corrected chi connectivity index (χ3v) is 3.95. The molecule has 1 unspecified atom stereocenters. The van der Waals surface area contributed by atoms with Gasteiger partial charge in [-0.25, -0.2) is 9.18 Å². The van der Waals surface area contributed by atoms with E-state index >= 15 is 0 Å². The summed E-state index contributed by atoms with van der Waals surface area (Å²) in [6.45, 7) is 0.0221. The van der Waals surface area contributed by atoms with Crippen LogP contribution < -0.4 is 15.4 Å². The molecule has 9 heteroatoms. The minimum atomic E-state index is -0.997. The predicted molar refractivity (Wildman–Crippen MR) is 108 cm³/mol. The lowest BCUT2D eigenvalue weighted by Crippen LogP contribution is -2.35. The van der Waals surface area contributed by atoms with Crippen LogP contribution in [0.3, 0.4) is 0 Å². The van der Waals surface area contributed by atoms with Crippen molar-refractivity contribution in [2.24, 2.45) is 0 Å². The number of amides is 1. The van der Waals surface area contributed by atoms with Crippen LogP contribution in [0, 0.1) is 5.82 Å². The van der Waals surface area contributed by atoms with Crippen LogP contribution >= 0.6 is 0 Å². The summed E-state index contributed by atoms with van der Waals surface area (Å²) in [4.78, 5) is 24.2. The number of nitrogens with one attached hydrogen (secondary N) is 2. The molecule has 2 N–H and O–H groups in total. The Labute approximate surface area is 172 Å². The minimum absolute atomic E-state index is 0.0221. The van der Waals surface area contributed by atoms with Gasteiger partial charge in [-0.15, -0.1) is 10.2 Å². The van der Waals surface area contributed by atoms with Crippen LogP contribution in [0.1, 0.15) is 10.5 Å². The Balaban J connectivity index is 1.59. The molecule has 8 nitrogen and oxygen atoms in total. The van der Waals surface area contributed by atoms with E-state index in [1.807, 2.05) is 6.07 Å². The maximum absolute atomic E-state index is 13.0. The van der Waals surface area contributed by atoms with Crippen LogP contribution in [0.4, 0.5) is 15.9 Å². The number of rotatable bonds is 8. The molecule has 0 saturated heterocycles. The van der Waals surface area contributed by atoms with Crippen LogP contribution in [0.5, 0.6) is 5.75 Å². The zero-order valence-electron chi connectivity index (χ0n) is 16.0. The lowest BCUT2D eigenvalue weighted by Gasteiger charge is -2.17. The van der Waals surface area contributed by atoms with E-state index in [9.17, 15) is 14.0 Å². The Morgan fingerprint density at radius 1 is 1.00 bits per heavy atom. The van der Waals surface area contributed by atoms with Crippen molar-refractivity contribution in [3.8, 4) is 5.75 Å². The number of nitrogens with zero attached hydrogens (tertiary/aromatic N) is 2. The molecule has 0 aliphatic rings. The first-order chi connectivity index (χ1) is 14.5. The first kappa shape index (κ1) is 20.7. The SMILES string of the molecule is COC(=O)C(CNc1ccc(C(=O)Nc2ccccc2)nn1)Oc1ccc(F)cc1. The Hall–Kier alpha value is -4.01. The first-order valence-corrected chi connectivity index (χ1v) is 8.99. The van der Waals surface area contributed by atoms with Crippen LogP contribution in [0.15, 0.2) is 66.7 Å².